The van der Waals surface area contributed by atoms with Gasteiger partial charge in [-0.3, -0.25) is 10.1 Å². The molecule has 1 amide bonds. The molecule has 2 fully saturated rings. The number of nitrogens with one attached hydrogen (secondary N) is 1. The normalized spacial score (nSPS) is 28.6. The lowest BCUT2D eigenvalue weighted by Gasteiger charge is -2.36. The Kier molecular flexibility index (Phi) is 5.69. The number of thioether (sulfide) groups is 1. The fourth-order valence-corrected chi connectivity index (χ4v) is 4.79. The monoisotopic (exact) mass is 349 g/mol. The van der Waals surface area contributed by atoms with Crippen LogP contribution in [0.25, 0.3) is 0 Å². The Labute approximate surface area is 148 Å². The van der Waals surface area contributed by atoms with Gasteiger partial charge in [-0.05, 0) is 31.7 Å². The largest absolute Gasteiger partial charge is 0.496 e. The molecule has 1 aromatic rings. The van der Waals surface area contributed by atoms with Crippen LogP contribution in [0.3, 0.4) is 0 Å². The van der Waals surface area contributed by atoms with Crippen LogP contribution in [-0.2, 0) is 4.79 Å². The molecule has 1 aromatic carbocycles. The third-order valence-corrected chi connectivity index (χ3v) is 6.26. The number of amides is 1. The minimum absolute atomic E-state index is 0.101. The molecule has 0 aliphatic carbocycles. The molecular formula is C18H27N3O2S. The molecule has 3 N–H and O–H groups in total. The standard InChI is InChI=1S/C18H27N3O2S/c1-12(19)13-6-5-9-21(10-13)18(22)15-11-24-17(20-15)14-7-3-4-8-16(14)23-2/h3-4,7-8,12-13,15,17,20H,5-6,9-11,19H2,1-2H3. The van der Waals surface area contributed by atoms with Crippen molar-refractivity contribution in [1.29, 1.82) is 0 Å². The van der Waals surface area contributed by atoms with E-state index in [2.05, 4.69) is 11.4 Å². The smallest absolute Gasteiger partial charge is 0.240 e. The molecule has 4 atom stereocenters. The van der Waals surface area contributed by atoms with Crippen LogP contribution in [0.4, 0.5) is 0 Å². The summed E-state index contributed by atoms with van der Waals surface area (Å²) >= 11 is 1.77. The number of piperidine rings is 1. The average molecular weight is 350 g/mol. The highest BCUT2D eigenvalue weighted by Crippen LogP contribution is 2.38. The van der Waals surface area contributed by atoms with Gasteiger partial charge in [-0.1, -0.05) is 18.2 Å². The van der Waals surface area contributed by atoms with Gasteiger partial charge in [0.05, 0.1) is 18.5 Å². The number of likely N-dealkylation sites (tertiary alicyclic amines) is 1. The summed E-state index contributed by atoms with van der Waals surface area (Å²) in [6.07, 6.45) is 2.17. The lowest BCUT2D eigenvalue weighted by atomic mass is 9.92. The fourth-order valence-electron chi connectivity index (χ4n) is 3.54. The first-order valence-corrected chi connectivity index (χ1v) is 9.70. The summed E-state index contributed by atoms with van der Waals surface area (Å²) in [5.74, 6) is 2.29. The van der Waals surface area contributed by atoms with E-state index in [0.29, 0.717) is 5.92 Å². The van der Waals surface area contributed by atoms with Crippen LogP contribution in [0.2, 0.25) is 0 Å². The quantitative estimate of drug-likeness (QED) is 0.870. The van der Waals surface area contributed by atoms with Crippen LogP contribution in [0.1, 0.15) is 30.7 Å². The van der Waals surface area contributed by atoms with Crippen LogP contribution in [0, 0.1) is 5.92 Å². The first-order valence-electron chi connectivity index (χ1n) is 8.65. The lowest BCUT2D eigenvalue weighted by molar-refractivity contribution is -0.134. The van der Waals surface area contributed by atoms with E-state index in [0.717, 1.165) is 43.0 Å². The Morgan fingerprint density at radius 1 is 1.46 bits per heavy atom. The van der Waals surface area contributed by atoms with Gasteiger partial charge in [0.25, 0.3) is 0 Å². The van der Waals surface area contributed by atoms with E-state index in [4.69, 9.17) is 10.5 Å². The number of hydrogen-bond donors (Lipinski definition) is 2. The number of benzene rings is 1. The number of para-hydroxylation sites is 1. The van der Waals surface area contributed by atoms with Crippen molar-refractivity contribution in [3.05, 3.63) is 29.8 Å². The lowest BCUT2D eigenvalue weighted by Crippen LogP contribution is -2.51. The molecule has 2 heterocycles. The summed E-state index contributed by atoms with van der Waals surface area (Å²) in [6, 6.07) is 8.01. The summed E-state index contributed by atoms with van der Waals surface area (Å²) in [7, 11) is 1.68. The zero-order valence-corrected chi connectivity index (χ0v) is 15.2. The molecule has 3 rings (SSSR count). The third kappa shape index (κ3) is 3.71. The van der Waals surface area contributed by atoms with E-state index in [-0.39, 0.29) is 23.4 Å². The van der Waals surface area contributed by atoms with Crippen molar-refractivity contribution in [2.45, 2.75) is 37.2 Å². The number of nitrogens with two attached hydrogens (primary N) is 1. The van der Waals surface area contributed by atoms with Crippen LogP contribution in [0.15, 0.2) is 24.3 Å². The zero-order valence-electron chi connectivity index (χ0n) is 14.4. The second kappa shape index (κ2) is 7.76. The third-order valence-electron chi connectivity index (χ3n) is 5.01. The van der Waals surface area contributed by atoms with Crippen molar-refractivity contribution in [3.8, 4) is 5.75 Å². The van der Waals surface area contributed by atoms with Crippen LogP contribution < -0.4 is 15.8 Å². The Hall–Kier alpha value is -1.24. The molecule has 0 radical (unpaired) electrons. The van der Waals surface area contributed by atoms with Gasteiger partial charge in [-0.2, -0.15) is 0 Å². The van der Waals surface area contributed by atoms with E-state index >= 15 is 0 Å². The van der Waals surface area contributed by atoms with Gasteiger partial charge < -0.3 is 15.4 Å². The molecule has 2 aliphatic heterocycles. The summed E-state index contributed by atoms with van der Waals surface area (Å²) in [5, 5.41) is 3.58. The first-order chi connectivity index (χ1) is 11.6. The van der Waals surface area contributed by atoms with Gasteiger partial charge in [-0.15, -0.1) is 11.8 Å². The second-order valence-corrected chi connectivity index (χ2v) is 7.86. The Bertz CT molecular complexity index is 581. The van der Waals surface area contributed by atoms with Crippen molar-refractivity contribution in [1.82, 2.24) is 10.2 Å². The summed E-state index contributed by atoms with van der Waals surface area (Å²) in [5.41, 5.74) is 7.15. The van der Waals surface area contributed by atoms with E-state index in [1.54, 1.807) is 18.9 Å². The summed E-state index contributed by atoms with van der Waals surface area (Å²) < 4.78 is 5.45. The van der Waals surface area contributed by atoms with Crippen molar-refractivity contribution < 1.29 is 9.53 Å². The topological polar surface area (TPSA) is 67.6 Å². The average Bonchev–Trinajstić information content (AvgIpc) is 3.11. The maximum Gasteiger partial charge on any atom is 0.240 e. The molecule has 2 saturated heterocycles. The Morgan fingerprint density at radius 2 is 2.25 bits per heavy atom. The van der Waals surface area contributed by atoms with Gasteiger partial charge in [0.15, 0.2) is 0 Å². The van der Waals surface area contributed by atoms with Gasteiger partial charge in [0, 0.05) is 30.4 Å². The van der Waals surface area contributed by atoms with Gasteiger partial charge in [-0.25, -0.2) is 0 Å². The predicted octanol–water partition coefficient (Wildman–Crippen LogP) is 1.98. The van der Waals surface area contributed by atoms with Crippen LogP contribution in [0.5, 0.6) is 5.75 Å². The van der Waals surface area contributed by atoms with Crippen LogP contribution in [-0.4, -0.2) is 48.8 Å². The number of hydrogen-bond acceptors (Lipinski definition) is 5. The number of rotatable bonds is 4. The van der Waals surface area contributed by atoms with E-state index in [9.17, 15) is 4.79 Å². The molecule has 0 saturated carbocycles. The van der Waals surface area contributed by atoms with Gasteiger partial charge >= 0.3 is 0 Å². The van der Waals surface area contributed by atoms with E-state index < -0.39 is 0 Å². The second-order valence-electron chi connectivity index (χ2n) is 6.72. The van der Waals surface area contributed by atoms with Crippen LogP contribution >= 0.6 is 11.8 Å². The number of ether oxygens (including phenoxy) is 1. The number of carbonyl (C=O) groups is 1. The molecule has 4 unspecified atom stereocenters. The minimum atomic E-state index is -0.128. The van der Waals surface area contributed by atoms with Gasteiger partial charge in [0.2, 0.25) is 5.91 Å². The SMILES string of the molecule is COc1ccccc1C1NC(C(=O)N2CCCC(C(C)N)C2)CS1. The zero-order chi connectivity index (χ0) is 17.1. The minimum Gasteiger partial charge on any atom is -0.496 e. The molecule has 0 bridgehead atoms. The maximum atomic E-state index is 12.9. The molecule has 6 heteroatoms. The predicted molar refractivity (Wildman–Crippen MR) is 98.1 cm³/mol. The molecule has 0 aromatic heterocycles. The molecule has 5 nitrogen and oxygen atoms in total. The summed E-state index contributed by atoms with van der Waals surface area (Å²) in [4.78, 5) is 14.9. The van der Waals surface area contributed by atoms with E-state index in [1.807, 2.05) is 30.0 Å². The number of nitrogens with zero attached hydrogens (tertiary/aromatic N) is 1. The molecule has 2 aliphatic rings. The fraction of sp³-hybridized carbons (Fsp3) is 0.611. The Morgan fingerprint density at radius 3 is 3.00 bits per heavy atom. The highest BCUT2D eigenvalue weighted by Gasteiger charge is 2.36. The van der Waals surface area contributed by atoms with Crippen molar-refractivity contribution in [2.75, 3.05) is 26.0 Å². The van der Waals surface area contributed by atoms with Crippen molar-refractivity contribution in [2.24, 2.45) is 11.7 Å². The highest BCUT2D eigenvalue weighted by molar-refractivity contribution is 7.99. The first kappa shape index (κ1) is 17.6. The maximum absolute atomic E-state index is 12.9. The molecular weight excluding hydrogens is 322 g/mol. The highest BCUT2D eigenvalue weighted by atomic mass is 32.2. The Balaban J connectivity index is 1.64. The molecule has 132 valence electrons. The van der Waals surface area contributed by atoms with Crippen molar-refractivity contribution >= 4 is 17.7 Å². The van der Waals surface area contributed by atoms with Crippen molar-refractivity contribution in [3.63, 3.8) is 0 Å². The van der Waals surface area contributed by atoms with Gasteiger partial charge in [0.1, 0.15) is 5.75 Å². The summed E-state index contributed by atoms with van der Waals surface area (Å²) in [6.45, 7) is 3.68. The number of methoxy groups -OCH3 is 1. The molecule has 0 spiro atoms. The van der Waals surface area contributed by atoms with E-state index in [1.165, 1.54) is 0 Å². The number of carbonyl (C=O) groups excluding carboxylic acids is 1. The molecule has 24 heavy (non-hydrogen) atoms.